The van der Waals surface area contributed by atoms with Gasteiger partial charge in [0.15, 0.2) is 5.69 Å². The van der Waals surface area contributed by atoms with Gasteiger partial charge in [0.25, 0.3) is 0 Å². The quantitative estimate of drug-likeness (QED) is 0.677. The van der Waals surface area contributed by atoms with Crippen molar-refractivity contribution in [2.45, 2.75) is 12.3 Å². The van der Waals surface area contributed by atoms with Gasteiger partial charge in [0.1, 0.15) is 5.75 Å². The standard InChI is InChI=1S/C16H13NO/c1-17-13-7-8-16-15(11-13)14(9-10-18-16)12-5-3-2-4-6-12/h2-8,11,14H,9-10H2. The van der Waals surface area contributed by atoms with Gasteiger partial charge in [-0.25, -0.2) is 4.85 Å². The average Bonchev–Trinajstić information content (AvgIpc) is 2.47. The molecule has 88 valence electrons. The lowest BCUT2D eigenvalue weighted by Crippen LogP contribution is -2.14. The fourth-order valence-corrected chi connectivity index (χ4v) is 2.48. The van der Waals surface area contributed by atoms with E-state index < -0.39 is 0 Å². The van der Waals surface area contributed by atoms with Gasteiger partial charge < -0.3 is 4.74 Å². The summed E-state index contributed by atoms with van der Waals surface area (Å²) in [6, 6.07) is 16.1. The molecular weight excluding hydrogens is 222 g/mol. The largest absolute Gasteiger partial charge is 0.493 e. The van der Waals surface area contributed by atoms with Crippen LogP contribution in [0.4, 0.5) is 5.69 Å². The zero-order chi connectivity index (χ0) is 12.4. The summed E-state index contributed by atoms with van der Waals surface area (Å²) in [7, 11) is 0. The summed E-state index contributed by atoms with van der Waals surface area (Å²) in [4.78, 5) is 3.50. The Morgan fingerprint density at radius 3 is 2.72 bits per heavy atom. The summed E-state index contributed by atoms with van der Waals surface area (Å²) in [5, 5.41) is 0. The molecule has 0 amide bonds. The molecule has 3 rings (SSSR count). The van der Waals surface area contributed by atoms with Crippen molar-refractivity contribution in [1.82, 2.24) is 0 Å². The van der Waals surface area contributed by atoms with E-state index in [-0.39, 0.29) is 0 Å². The van der Waals surface area contributed by atoms with Crippen LogP contribution in [0, 0.1) is 6.57 Å². The molecule has 1 atom stereocenters. The maximum absolute atomic E-state index is 7.12. The van der Waals surface area contributed by atoms with Gasteiger partial charge in [0.05, 0.1) is 13.2 Å². The highest BCUT2D eigenvalue weighted by Crippen LogP contribution is 2.39. The first-order valence-electron chi connectivity index (χ1n) is 6.07. The zero-order valence-electron chi connectivity index (χ0n) is 9.97. The minimum atomic E-state index is 0.344. The molecule has 0 fully saturated rings. The Morgan fingerprint density at radius 1 is 1.11 bits per heavy atom. The number of nitrogens with zero attached hydrogens (tertiary/aromatic N) is 1. The molecule has 1 aliphatic heterocycles. The second-order valence-corrected chi connectivity index (χ2v) is 4.43. The summed E-state index contributed by atoms with van der Waals surface area (Å²) in [6.45, 7) is 7.86. The molecule has 1 unspecified atom stereocenters. The Hall–Kier alpha value is -2.27. The predicted molar refractivity (Wildman–Crippen MR) is 71.1 cm³/mol. The van der Waals surface area contributed by atoms with Crippen molar-refractivity contribution in [3.63, 3.8) is 0 Å². The minimum Gasteiger partial charge on any atom is -0.493 e. The molecule has 2 aromatic carbocycles. The van der Waals surface area contributed by atoms with Gasteiger partial charge >= 0.3 is 0 Å². The molecule has 0 bridgehead atoms. The zero-order valence-corrected chi connectivity index (χ0v) is 9.97. The van der Waals surface area contributed by atoms with E-state index in [1.807, 2.05) is 24.3 Å². The Balaban J connectivity index is 2.09. The van der Waals surface area contributed by atoms with E-state index in [9.17, 15) is 0 Å². The molecule has 2 heteroatoms. The van der Waals surface area contributed by atoms with E-state index in [0.29, 0.717) is 11.6 Å². The molecule has 18 heavy (non-hydrogen) atoms. The van der Waals surface area contributed by atoms with Crippen molar-refractivity contribution in [2.75, 3.05) is 6.61 Å². The maximum atomic E-state index is 7.12. The second kappa shape index (κ2) is 4.54. The van der Waals surface area contributed by atoms with Gasteiger partial charge in [-0.05, 0) is 29.7 Å². The van der Waals surface area contributed by atoms with E-state index in [1.54, 1.807) is 0 Å². The van der Waals surface area contributed by atoms with Gasteiger partial charge in [-0.2, -0.15) is 0 Å². The van der Waals surface area contributed by atoms with Crippen LogP contribution in [-0.4, -0.2) is 6.61 Å². The SMILES string of the molecule is [C-]#[N+]c1ccc2c(c1)C(c1ccccc1)CCO2. The third kappa shape index (κ3) is 1.84. The summed E-state index contributed by atoms with van der Waals surface area (Å²) in [5.41, 5.74) is 3.12. The fraction of sp³-hybridized carbons (Fsp3) is 0.188. The lowest BCUT2D eigenvalue weighted by Gasteiger charge is -2.26. The number of benzene rings is 2. The first-order valence-corrected chi connectivity index (χ1v) is 6.07. The smallest absolute Gasteiger partial charge is 0.187 e. The van der Waals surface area contributed by atoms with Crippen LogP contribution in [0.3, 0.4) is 0 Å². The first-order chi connectivity index (χ1) is 8.88. The lowest BCUT2D eigenvalue weighted by molar-refractivity contribution is 0.277. The molecule has 0 saturated heterocycles. The van der Waals surface area contributed by atoms with Crippen LogP contribution in [0.2, 0.25) is 0 Å². The van der Waals surface area contributed by atoms with Crippen molar-refractivity contribution in [1.29, 1.82) is 0 Å². The highest BCUT2D eigenvalue weighted by molar-refractivity contribution is 5.55. The fourth-order valence-electron chi connectivity index (χ4n) is 2.48. The number of hydrogen-bond acceptors (Lipinski definition) is 1. The first kappa shape index (κ1) is 10.9. The topological polar surface area (TPSA) is 13.6 Å². The average molecular weight is 235 g/mol. The van der Waals surface area contributed by atoms with Gasteiger partial charge in [-0.1, -0.05) is 36.4 Å². The summed E-state index contributed by atoms with van der Waals surface area (Å²) < 4.78 is 5.67. The van der Waals surface area contributed by atoms with Crippen LogP contribution >= 0.6 is 0 Å². The maximum Gasteiger partial charge on any atom is 0.187 e. The number of ether oxygens (including phenoxy) is 1. The van der Waals surface area contributed by atoms with Gasteiger partial charge in [-0.15, -0.1) is 0 Å². The van der Waals surface area contributed by atoms with Crippen LogP contribution in [0.15, 0.2) is 48.5 Å². The van der Waals surface area contributed by atoms with E-state index in [4.69, 9.17) is 11.3 Å². The Kier molecular flexibility index (Phi) is 2.74. The Morgan fingerprint density at radius 2 is 1.94 bits per heavy atom. The van der Waals surface area contributed by atoms with Crippen molar-refractivity contribution in [3.8, 4) is 5.75 Å². The minimum absolute atomic E-state index is 0.344. The van der Waals surface area contributed by atoms with Crippen molar-refractivity contribution < 1.29 is 4.74 Å². The summed E-state index contributed by atoms with van der Waals surface area (Å²) >= 11 is 0. The van der Waals surface area contributed by atoms with Crippen molar-refractivity contribution in [3.05, 3.63) is 71.1 Å². The molecule has 1 aliphatic rings. The van der Waals surface area contributed by atoms with Crippen LogP contribution in [-0.2, 0) is 0 Å². The molecule has 1 heterocycles. The molecule has 2 nitrogen and oxygen atoms in total. The summed E-state index contributed by atoms with van der Waals surface area (Å²) in [5.74, 6) is 1.26. The van der Waals surface area contributed by atoms with Crippen LogP contribution in [0.5, 0.6) is 5.75 Å². The lowest BCUT2D eigenvalue weighted by atomic mass is 9.86. The second-order valence-electron chi connectivity index (χ2n) is 4.43. The molecule has 0 spiro atoms. The molecule has 0 saturated carbocycles. The van der Waals surface area contributed by atoms with Crippen LogP contribution in [0.25, 0.3) is 4.85 Å². The van der Waals surface area contributed by atoms with Crippen molar-refractivity contribution in [2.24, 2.45) is 0 Å². The molecule has 0 radical (unpaired) electrons. The monoisotopic (exact) mass is 235 g/mol. The van der Waals surface area contributed by atoms with E-state index in [0.717, 1.165) is 24.3 Å². The van der Waals surface area contributed by atoms with Crippen molar-refractivity contribution >= 4 is 5.69 Å². The van der Waals surface area contributed by atoms with Gasteiger partial charge in [0, 0.05) is 5.92 Å². The van der Waals surface area contributed by atoms with Gasteiger partial charge in [-0.3, -0.25) is 0 Å². The Bertz CT molecular complexity index is 598. The van der Waals surface area contributed by atoms with Gasteiger partial charge in [0.2, 0.25) is 0 Å². The Labute approximate surface area is 107 Å². The number of fused-ring (bicyclic) bond motifs is 1. The highest BCUT2D eigenvalue weighted by Gasteiger charge is 2.22. The van der Waals surface area contributed by atoms with Crippen LogP contribution in [0.1, 0.15) is 23.5 Å². The molecule has 0 aliphatic carbocycles. The molecule has 0 N–H and O–H groups in total. The molecule has 2 aromatic rings. The van der Waals surface area contributed by atoms with E-state index in [2.05, 4.69) is 29.1 Å². The molecule has 0 aromatic heterocycles. The third-order valence-electron chi connectivity index (χ3n) is 3.36. The van der Waals surface area contributed by atoms with Crippen LogP contribution < -0.4 is 4.74 Å². The van der Waals surface area contributed by atoms with E-state index in [1.165, 1.54) is 5.56 Å². The van der Waals surface area contributed by atoms with E-state index >= 15 is 0 Å². The predicted octanol–water partition coefficient (Wildman–Crippen LogP) is 4.15. The number of hydrogen-bond donors (Lipinski definition) is 0. The number of rotatable bonds is 1. The highest BCUT2D eigenvalue weighted by atomic mass is 16.5. The summed E-state index contributed by atoms with van der Waals surface area (Å²) in [6.07, 6.45) is 0.971. The third-order valence-corrected chi connectivity index (χ3v) is 3.36. The normalized spacial score (nSPS) is 17.4. The molecular formula is C16H13NO.